The van der Waals surface area contributed by atoms with Crippen molar-refractivity contribution in [2.45, 2.75) is 18.9 Å². The fourth-order valence-electron chi connectivity index (χ4n) is 2.49. The maximum absolute atomic E-state index is 12.2. The van der Waals surface area contributed by atoms with Crippen LogP contribution in [0.25, 0.3) is 0 Å². The fourth-order valence-corrected chi connectivity index (χ4v) is 2.75. The summed E-state index contributed by atoms with van der Waals surface area (Å²) in [6.45, 7) is 0.238. The third-order valence-electron chi connectivity index (χ3n) is 3.85. The fraction of sp³-hybridized carbons (Fsp3) is 0.211. The largest absolute Gasteiger partial charge is 0.382 e. The minimum absolute atomic E-state index is 0.166. The van der Waals surface area contributed by atoms with Gasteiger partial charge in [-0.25, -0.2) is 0 Å². The third kappa shape index (κ3) is 4.92. The van der Waals surface area contributed by atoms with Crippen LogP contribution in [0.5, 0.6) is 0 Å². The highest BCUT2D eigenvalue weighted by Gasteiger charge is 2.28. The van der Waals surface area contributed by atoms with E-state index < -0.39 is 6.10 Å². The summed E-state index contributed by atoms with van der Waals surface area (Å²) in [4.78, 5) is 29.3. The number of oxime groups is 1. The standard InChI is InChI=1S/C19H18BrN3O3/c20-14-6-8-15(9-7-14)22-18(24)10-11-21-19(25)17-12-16(23-26-17)13-4-2-1-3-5-13/h1-9,17H,10-12H2,(H,21,25)(H,22,24)/t17-/m1/s1. The smallest absolute Gasteiger partial charge is 0.264 e. The Morgan fingerprint density at radius 1 is 1.12 bits per heavy atom. The van der Waals surface area contributed by atoms with E-state index in [9.17, 15) is 9.59 Å². The molecule has 0 aromatic heterocycles. The van der Waals surface area contributed by atoms with Crippen LogP contribution in [-0.4, -0.2) is 30.2 Å². The number of amides is 2. The lowest BCUT2D eigenvalue weighted by Gasteiger charge is -2.10. The van der Waals surface area contributed by atoms with Gasteiger partial charge in [0.15, 0.2) is 0 Å². The van der Waals surface area contributed by atoms with Gasteiger partial charge in [0.05, 0.1) is 5.71 Å². The van der Waals surface area contributed by atoms with Gasteiger partial charge in [-0.1, -0.05) is 51.4 Å². The Balaban J connectivity index is 1.39. The molecule has 1 atom stereocenters. The first kappa shape index (κ1) is 18.1. The summed E-state index contributed by atoms with van der Waals surface area (Å²) in [5.74, 6) is -0.433. The van der Waals surface area contributed by atoms with Gasteiger partial charge in [-0.3, -0.25) is 9.59 Å². The number of nitrogens with one attached hydrogen (secondary N) is 2. The van der Waals surface area contributed by atoms with Crippen LogP contribution in [0.3, 0.4) is 0 Å². The van der Waals surface area contributed by atoms with Gasteiger partial charge in [-0.05, 0) is 29.8 Å². The van der Waals surface area contributed by atoms with Crippen molar-refractivity contribution >= 4 is 39.1 Å². The number of halogens is 1. The molecule has 2 amide bonds. The van der Waals surface area contributed by atoms with Crippen molar-refractivity contribution < 1.29 is 14.4 Å². The van der Waals surface area contributed by atoms with Crippen molar-refractivity contribution in [1.82, 2.24) is 5.32 Å². The number of rotatable bonds is 6. The molecule has 134 valence electrons. The molecule has 6 nitrogen and oxygen atoms in total. The molecule has 0 aliphatic carbocycles. The lowest BCUT2D eigenvalue weighted by Crippen LogP contribution is -2.36. The summed E-state index contributed by atoms with van der Waals surface area (Å²) in [5.41, 5.74) is 2.40. The highest BCUT2D eigenvalue weighted by molar-refractivity contribution is 9.10. The number of hydrogen-bond acceptors (Lipinski definition) is 4. The molecule has 1 aliphatic heterocycles. The first-order valence-corrected chi connectivity index (χ1v) is 9.02. The second-order valence-corrected chi connectivity index (χ2v) is 6.71. The lowest BCUT2D eigenvalue weighted by molar-refractivity contribution is -0.131. The van der Waals surface area contributed by atoms with Crippen LogP contribution >= 0.6 is 15.9 Å². The van der Waals surface area contributed by atoms with Crippen LogP contribution in [0.4, 0.5) is 5.69 Å². The van der Waals surface area contributed by atoms with E-state index in [1.54, 1.807) is 12.1 Å². The SMILES string of the molecule is O=C(CCNC(=O)[C@H]1CC(c2ccccc2)=NO1)Nc1ccc(Br)cc1. The molecular formula is C19H18BrN3O3. The monoisotopic (exact) mass is 415 g/mol. The second kappa shape index (κ2) is 8.62. The Bertz CT molecular complexity index is 807. The Morgan fingerprint density at radius 3 is 2.58 bits per heavy atom. The van der Waals surface area contributed by atoms with E-state index >= 15 is 0 Å². The molecule has 2 aromatic carbocycles. The maximum Gasteiger partial charge on any atom is 0.264 e. The van der Waals surface area contributed by atoms with Crippen LogP contribution in [0.2, 0.25) is 0 Å². The predicted molar refractivity (Wildman–Crippen MR) is 103 cm³/mol. The summed E-state index contributed by atoms with van der Waals surface area (Å²) < 4.78 is 0.941. The van der Waals surface area contributed by atoms with E-state index in [0.29, 0.717) is 12.1 Å². The van der Waals surface area contributed by atoms with Gasteiger partial charge in [-0.15, -0.1) is 0 Å². The highest BCUT2D eigenvalue weighted by atomic mass is 79.9. The molecule has 7 heteroatoms. The van der Waals surface area contributed by atoms with Crippen molar-refractivity contribution in [2.24, 2.45) is 5.16 Å². The molecule has 0 unspecified atom stereocenters. The number of carbonyl (C=O) groups excluding carboxylic acids is 2. The molecule has 1 aliphatic rings. The molecule has 0 saturated carbocycles. The first-order valence-electron chi connectivity index (χ1n) is 8.23. The van der Waals surface area contributed by atoms with Gasteiger partial charge in [0.2, 0.25) is 12.0 Å². The normalized spacial score (nSPS) is 15.7. The summed E-state index contributed by atoms with van der Waals surface area (Å²) in [5, 5.41) is 9.48. The second-order valence-electron chi connectivity index (χ2n) is 5.80. The van der Waals surface area contributed by atoms with E-state index in [1.807, 2.05) is 42.5 Å². The lowest BCUT2D eigenvalue weighted by atomic mass is 10.0. The van der Waals surface area contributed by atoms with Crippen LogP contribution in [0, 0.1) is 0 Å². The zero-order valence-electron chi connectivity index (χ0n) is 13.9. The van der Waals surface area contributed by atoms with Crippen molar-refractivity contribution in [3.63, 3.8) is 0 Å². The Hall–Kier alpha value is -2.67. The van der Waals surface area contributed by atoms with E-state index in [-0.39, 0.29) is 24.8 Å². The summed E-state index contributed by atoms with van der Waals surface area (Å²) >= 11 is 3.34. The topological polar surface area (TPSA) is 79.8 Å². The first-order chi connectivity index (χ1) is 12.6. The Kier molecular flexibility index (Phi) is 6.01. The Labute approximate surface area is 159 Å². The van der Waals surface area contributed by atoms with E-state index in [1.165, 1.54) is 0 Å². The molecule has 2 N–H and O–H groups in total. The van der Waals surface area contributed by atoms with Crippen molar-refractivity contribution in [3.8, 4) is 0 Å². The Morgan fingerprint density at radius 2 is 1.85 bits per heavy atom. The average Bonchev–Trinajstić information content (AvgIpc) is 3.15. The number of carbonyl (C=O) groups is 2. The van der Waals surface area contributed by atoms with Gasteiger partial charge in [0.25, 0.3) is 5.91 Å². The van der Waals surface area contributed by atoms with Crippen molar-refractivity contribution in [2.75, 3.05) is 11.9 Å². The zero-order valence-corrected chi connectivity index (χ0v) is 15.5. The van der Waals surface area contributed by atoms with E-state index in [4.69, 9.17) is 4.84 Å². The van der Waals surface area contributed by atoms with E-state index in [2.05, 4.69) is 31.7 Å². The highest BCUT2D eigenvalue weighted by Crippen LogP contribution is 2.17. The molecule has 0 spiro atoms. The van der Waals surface area contributed by atoms with Crippen LogP contribution in [0.15, 0.2) is 64.2 Å². The summed E-state index contributed by atoms with van der Waals surface area (Å²) in [6, 6.07) is 16.9. The number of nitrogens with zero attached hydrogens (tertiary/aromatic N) is 1. The van der Waals surface area contributed by atoms with Crippen molar-refractivity contribution in [1.29, 1.82) is 0 Å². The minimum atomic E-state index is -0.653. The van der Waals surface area contributed by atoms with Gasteiger partial charge < -0.3 is 15.5 Å². The molecule has 0 fully saturated rings. The molecule has 26 heavy (non-hydrogen) atoms. The quantitative estimate of drug-likeness (QED) is 0.760. The molecule has 1 heterocycles. The maximum atomic E-state index is 12.2. The van der Waals surface area contributed by atoms with Gasteiger partial charge in [0, 0.05) is 29.5 Å². The molecule has 0 bridgehead atoms. The minimum Gasteiger partial charge on any atom is -0.382 e. The number of hydrogen-bond donors (Lipinski definition) is 2. The van der Waals surface area contributed by atoms with Gasteiger partial charge in [0.1, 0.15) is 0 Å². The molecule has 2 aromatic rings. The molecular weight excluding hydrogens is 398 g/mol. The summed E-state index contributed by atoms with van der Waals surface area (Å²) in [7, 11) is 0. The average molecular weight is 416 g/mol. The zero-order chi connectivity index (χ0) is 18.4. The number of anilines is 1. The predicted octanol–water partition coefficient (Wildman–Crippen LogP) is 3.09. The molecule has 0 saturated heterocycles. The summed E-state index contributed by atoms with van der Waals surface area (Å²) in [6.07, 6.45) is -0.0540. The van der Waals surface area contributed by atoms with E-state index in [0.717, 1.165) is 15.7 Å². The van der Waals surface area contributed by atoms with Crippen molar-refractivity contribution in [3.05, 3.63) is 64.6 Å². The van der Waals surface area contributed by atoms with Crippen LogP contribution in [-0.2, 0) is 14.4 Å². The van der Waals surface area contributed by atoms with Crippen LogP contribution in [0.1, 0.15) is 18.4 Å². The molecule has 0 radical (unpaired) electrons. The number of benzene rings is 2. The molecule has 3 rings (SSSR count). The van der Waals surface area contributed by atoms with Gasteiger partial charge >= 0.3 is 0 Å². The van der Waals surface area contributed by atoms with Crippen LogP contribution < -0.4 is 10.6 Å². The van der Waals surface area contributed by atoms with Gasteiger partial charge in [-0.2, -0.15) is 0 Å². The third-order valence-corrected chi connectivity index (χ3v) is 4.38.